The smallest absolute Gasteiger partial charge is 0.339 e. The Morgan fingerprint density at radius 1 is 1.45 bits per heavy atom. The molecule has 2 aromatic rings. The highest BCUT2D eigenvalue weighted by atomic mass is 16.4. The second-order valence-electron chi connectivity index (χ2n) is 4.61. The van der Waals surface area contributed by atoms with Crippen molar-refractivity contribution in [1.29, 1.82) is 0 Å². The van der Waals surface area contributed by atoms with Gasteiger partial charge < -0.3 is 15.0 Å². The summed E-state index contributed by atoms with van der Waals surface area (Å²) >= 11 is 0. The Hall–Kier alpha value is -2.37. The number of rotatable bonds is 7. The highest BCUT2D eigenvalue weighted by Gasteiger charge is 2.10. The van der Waals surface area contributed by atoms with E-state index in [-0.39, 0.29) is 5.56 Å². The lowest BCUT2D eigenvalue weighted by molar-refractivity contribution is 0.0697. The number of hydrogen-bond donors (Lipinski definition) is 2. The molecule has 0 radical (unpaired) electrons. The molecule has 0 spiro atoms. The van der Waals surface area contributed by atoms with Crippen molar-refractivity contribution in [3.63, 3.8) is 0 Å². The Bertz CT molecular complexity index is 567. The molecule has 0 saturated heterocycles. The summed E-state index contributed by atoms with van der Waals surface area (Å²) in [6.07, 6.45) is 8.85. The number of pyridine rings is 1. The molecule has 106 valence electrons. The van der Waals surface area contributed by atoms with Gasteiger partial charge in [-0.05, 0) is 25.8 Å². The number of unbranched alkanes of at least 4 members (excludes halogenated alkanes) is 1. The molecule has 20 heavy (non-hydrogen) atoms. The van der Waals surface area contributed by atoms with Crippen LogP contribution in [0.15, 0.2) is 31.0 Å². The van der Waals surface area contributed by atoms with Crippen LogP contribution in [0.1, 0.15) is 28.9 Å². The molecule has 6 heteroatoms. The minimum atomic E-state index is -0.960. The minimum absolute atomic E-state index is 0.213. The average molecular weight is 274 g/mol. The molecule has 6 nitrogen and oxygen atoms in total. The van der Waals surface area contributed by atoms with Gasteiger partial charge in [0.25, 0.3) is 0 Å². The lowest BCUT2D eigenvalue weighted by Crippen LogP contribution is -2.09. The number of imidazole rings is 1. The number of aromatic nitrogens is 3. The predicted molar refractivity (Wildman–Crippen MR) is 75.9 cm³/mol. The minimum Gasteiger partial charge on any atom is -0.478 e. The van der Waals surface area contributed by atoms with Crippen LogP contribution in [-0.2, 0) is 6.54 Å². The van der Waals surface area contributed by atoms with Gasteiger partial charge in [0.1, 0.15) is 5.56 Å². The monoisotopic (exact) mass is 274 g/mol. The molecular formula is C14H18N4O2. The number of hydrogen-bond acceptors (Lipinski definition) is 4. The van der Waals surface area contributed by atoms with E-state index in [1.165, 1.54) is 6.20 Å². The summed E-state index contributed by atoms with van der Waals surface area (Å²) in [6.45, 7) is 3.50. The molecule has 0 aliphatic heterocycles. The van der Waals surface area contributed by atoms with E-state index in [0.29, 0.717) is 5.69 Å². The molecule has 0 aromatic carbocycles. The molecular weight excluding hydrogens is 256 g/mol. The summed E-state index contributed by atoms with van der Waals surface area (Å²) in [5.41, 5.74) is 1.65. The first-order valence-electron chi connectivity index (χ1n) is 6.56. The summed E-state index contributed by atoms with van der Waals surface area (Å²) in [5, 5.41) is 12.3. The molecule has 0 aliphatic rings. The van der Waals surface area contributed by atoms with Crippen LogP contribution >= 0.6 is 0 Å². The summed E-state index contributed by atoms with van der Waals surface area (Å²) < 4.78 is 2.03. The molecule has 2 aromatic heterocycles. The second kappa shape index (κ2) is 6.70. The number of carboxylic acid groups (broad SMARTS) is 1. The third-order valence-corrected chi connectivity index (χ3v) is 2.99. The van der Waals surface area contributed by atoms with Crippen LogP contribution in [0.3, 0.4) is 0 Å². The van der Waals surface area contributed by atoms with Crippen LogP contribution in [0.5, 0.6) is 0 Å². The fraction of sp³-hybridized carbons (Fsp3) is 0.357. The van der Waals surface area contributed by atoms with Gasteiger partial charge in [0, 0.05) is 37.4 Å². The van der Waals surface area contributed by atoms with Gasteiger partial charge in [0.2, 0.25) is 0 Å². The summed E-state index contributed by atoms with van der Waals surface area (Å²) in [6, 6.07) is 1.76. The summed E-state index contributed by atoms with van der Waals surface area (Å²) in [5.74, 6) is -0.960. The average Bonchev–Trinajstić information content (AvgIpc) is 2.91. The molecule has 0 saturated carbocycles. The van der Waals surface area contributed by atoms with Crippen molar-refractivity contribution in [3.05, 3.63) is 42.2 Å². The number of aryl methyl sites for hydroxylation is 2. The van der Waals surface area contributed by atoms with Gasteiger partial charge in [0.15, 0.2) is 0 Å². The molecule has 0 fully saturated rings. The van der Waals surface area contributed by atoms with E-state index in [1.807, 2.05) is 17.7 Å². The highest BCUT2D eigenvalue weighted by molar-refractivity contribution is 5.93. The first-order valence-corrected chi connectivity index (χ1v) is 6.56. The lowest BCUT2D eigenvalue weighted by Gasteiger charge is -2.10. The Morgan fingerprint density at radius 2 is 2.30 bits per heavy atom. The van der Waals surface area contributed by atoms with Gasteiger partial charge in [0.05, 0.1) is 12.0 Å². The zero-order valence-corrected chi connectivity index (χ0v) is 11.4. The molecule has 0 bridgehead atoms. The topological polar surface area (TPSA) is 80.0 Å². The van der Waals surface area contributed by atoms with Gasteiger partial charge in [-0.3, -0.25) is 4.98 Å². The number of anilines is 1. The fourth-order valence-corrected chi connectivity index (χ4v) is 1.94. The molecule has 2 rings (SSSR count). The molecule has 0 unspecified atom stereocenters. The van der Waals surface area contributed by atoms with E-state index in [0.717, 1.165) is 31.6 Å². The first kappa shape index (κ1) is 14.0. The van der Waals surface area contributed by atoms with Gasteiger partial charge in [-0.25, -0.2) is 9.78 Å². The number of carboxylic acids is 1. The number of nitrogens with one attached hydrogen (secondary N) is 1. The van der Waals surface area contributed by atoms with Crippen molar-refractivity contribution >= 4 is 11.7 Å². The van der Waals surface area contributed by atoms with Crippen molar-refractivity contribution in [3.8, 4) is 0 Å². The second-order valence-corrected chi connectivity index (χ2v) is 4.61. The van der Waals surface area contributed by atoms with Crippen molar-refractivity contribution in [1.82, 2.24) is 14.5 Å². The van der Waals surface area contributed by atoms with Crippen molar-refractivity contribution in [2.75, 3.05) is 11.9 Å². The molecule has 0 amide bonds. The largest absolute Gasteiger partial charge is 0.478 e. The van der Waals surface area contributed by atoms with Gasteiger partial charge in [-0.15, -0.1) is 0 Å². The summed E-state index contributed by atoms with van der Waals surface area (Å²) in [4.78, 5) is 19.1. The highest BCUT2D eigenvalue weighted by Crippen LogP contribution is 2.15. The van der Waals surface area contributed by atoms with Crippen LogP contribution in [-0.4, -0.2) is 32.2 Å². The van der Waals surface area contributed by atoms with Crippen LogP contribution in [0.2, 0.25) is 0 Å². The van der Waals surface area contributed by atoms with Crippen LogP contribution in [0.25, 0.3) is 0 Å². The van der Waals surface area contributed by atoms with Gasteiger partial charge in [-0.1, -0.05) is 0 Å². The number of carbonyl (C=O) groups is 1. The van der Waals surface area contributed by atoms with Crippen molar-refractivity contribution < 1.29 is 9.90 Å². The van der Waals surface area contributed by atoms with E-state index in [4.69, 9.17) is 5.11 Å². The third-order valence-electron chi connectivity index (χ3n) is 2.99. The van der Waals surface area contributed by atoms with E-state index in [9.17, 15) is 4.79 Å². The standard InChI is InChI=1S/C14H18N4O2/c1-11-8-13(12(9-17-11)14(19)20)16-4-2-3-6-18-7-5-15-10-18/h5,7-10H,2-4,6H2,1H3,(H,16,17)(H,19,20). The molecule has 0 aliphatic carbocycles. The van der Waals surface area contributed by atoms with Crippen LogP contribution in [0, 0.1) is 6.92 Å². The SMILES string of the molecule is Cc1cc(NCCCCn2ccnc2)c(C(=O)O)cn1. The van der Waals surface area contributed by atoms with Crippen molar-refractivity contribution in [2.45, 2.75) is 26.3 Å². The molecule has 2 N–H and O–H groups in total. The predicted octanol–water partition coefficient (Wildman–Crippen LogP) is 2.18. The zero-order valence-electron chi connectivity index (χ0n) is 11.4. The fourth-order valence-electron chi connectivity index (χ4n) is 1.94. The van der Waals surface area contributed by atoms with E-state index in [1.54, 1.807) is 18.6 Å². The molecule has 0 atom stereocenters. The quantitative estimate of drug-likeness (QED) is 0.756. The zero-order chi connectivity index (χ0) is 14.4. The Labute approximate surface area is 117 Å². The maximum absolute atomic E-state index is 11.1. The van der Waals surface area contributed by atoms with E-state index >= 15 is 0 Å². The lowest BCUT2D eigenvalue weighted by atomic mass is 10.2. The molecule has 2 heterocycles. The first-order chi connectivity index (χ1) is 9.66. The Balaban J connectivity index is 1.81. The normalized spacial score (nSPS) is 10.4. The van der Waals surface area contributed by atoms with Gasteiger partial charge in [-0.2, -0.15) is 0 Å². The van der Waals surface area contributed by atoms with Crippen LogP contribution < -0.4 is 5.32 Å². The Morgan fingerprint density at radius 3 is 3.00 bits per heavy atom. The van der Waals surface area contributed by atoms with Crippen molar-refractivity contribution in [2.24, 2.45) is 0 Å². The summed E-state index contributed by atoms with van der Waals surface area (Å²) in [7, 11) is 0. The third kappa shape index (κ3) is 3.81. The Kier molecular flexibility index (Phi) is 4.70. The maximum Gasteiger partial charge on any atom is 0.339 e. The maximum atomic E-state index is 11.1. The van der Waals surface area contributed by atoms with Crippen LogP contribution in [0.4, 0.5) is 5.69 Å². The van der Waals surface area contributed by atoms with Gasteiger partial charge >= 0.3 is 5.97 Å². The van der Waals surface area contributed by atoms with E-state index < -0.39 is 5.97 Å². The van der Waals surface area contributed by atoms with E-state index in [2.05, 4.69) is 15.3 Å². The number of aromatic carboxylic acids is 1. The number of nitrogens with zero attached hydrogens (tertiary/aromatic N) is 3.